The van der Waals surface area contributed by atoms with E-state index in [2.05, 4.69) is 4.98 Å². The van der Waals surface area contributed by atoms with Crippen LogP contribution >= 0.6 is 0 Å². The van der Waals surface area contributed by atoms with Crippen LogP contribution in [0.3, 0.4) is 0 Å². The number of aromatic nitrogens is 2. The molecule has 2 aromatic heterocycles. The molecule has 126 valence electrons. The molecule has 0 aliphatic heterocycles. The lowest BCUT2D eigenvalue weighted by molar-refractivity contribution is -0.140. The van der Waals surface area contributed by atoms with Gasteiger partial charge < -0.3 is 4.74 Å². The highest BCUT2D eigenvalue weighted by Crippen LogP contribution is 2.39. The molecule has 0 saturated carbocycles. The number of fused-ring (bicyclic) bond motifs is 1. The fraction of sp³-hybridized carbons (Fsp3) is 0.278. The number of halogens is 3. The van der Waals surface area contributed by atoms with Crippen LogP contribution in [0.15, 0.2) is 36.5 Å². The van der Waals surface area contributed by atoms with E-state index in [1.54, 1.807) is 24.4 Å². The maximum Gasteiger partial charge on any atom is 0.435 e. The second-order valence-corrected chi connectivity index (χ2v) is 5.54. The molecule has 0 bridgehead atoms. The summed E-state index contributed by atoms with van der Waals surface area (Å²) in [5.74, 6) is 0.465. The van der Waals surface area contributed by atoms with Crippen molar-refractivity contribution in [1.82, 2.24) is 9.38 Å². The number of benzene rings is 1. The Kier molecular flexibility index (Phi) is 3.99. The predicted octanol–water partition coefficient (Wildman–Crippen LogP) is 4.90. The number of ether oxygens (including phenoxy) is 1. The van der Waals surface area contributed by atoms with E-state index in [0.717, 1.165) is 17.5 Å². The topological polar surface area (TPSA) is 26.5 Å². The van der Waals surface area contributed by atoms with Gasteiger partial charge in [0.2, 0.25) is 0 Å². The molecular weight excluding hydrogens is 317 g/mol. The van der Waals surface area contributed by atoms with Crippen molar-refractivity contribution >= 4 is 5.65 Å². The minimum atomic E-state index is -4.54. The molecular formula is C18H17F3N2O. The van der Waals surface area contributed by atoms with Gasteiger partial charge in [0, 0.05) is 17.8 Å². The SMILES string of the molecule is CCc1cccc(-c2c(C(F)(F)F)nc3cc(OC)ccn23)c1C. The van der Waals surface area contributed by atoms with Gasteiger partial charge in [-0.3, -0.25) is 4.40 Å². The zero-order valence-electron chi connectivity index (χ0n) is 13.6. The summed E-state index contributed by atoms with van der Waals surface area (Å²) in [5, 5.41) is 0. The molecule has 24 heavy (non-hydrogen) atoms. The van der Waals surface area contributed by atoms with E-state index in [1.165, 1.54) is 17.6 Å². The third kappa shape index (κ3) is 2.62. The van der Waals surface area contributed by atoms with Crippen molar-refractivity contribution in [3.05, 3.63) is 53.3 Å². The second-order valence-electron chi connectivity index (χ2n) is 5.54. The van der Waals surface area contributed by atoms with Crippen LogP contribution in [0.2, 0.25) is 0 Å². The summed E-state index contributed by atoms with van der Waals surface area (Å²) in [6, 6.07) is 8.54. The Morgan fingerprint density at radius 3 is 2.58 bits per heavy atom. The first-order valence-corrected chi connectivity index (χ1v) is 7.59. The number of aryl methyl sites for hydroxylation is 1. The Balaban J connectivity index is 2.37. The van der Waals surface area contributed by atoms with Crippen LogP contribution in [0.25, 0.3) is 16.9 Å². The monoisotopic (exact) mass is 334 g/mol. The summed E-state index contributed by atoms with van der Waals surface area (Å²) >= 11 is 0. The Morgan fingerprint density at radius 2 is 1.96 bits per heavy atom. The Labute approximate surface area is 137 Å². The van der Waals surface area contributed by atoms with Crippen molar-refractivity contribution in [2.45, 2.75) is 26.4 Å². The third-order valence-corrected chi connectivity index (χ3v) is 4.18. The van der Waals surface area contributed by atoms with Crippen LogP contribution in [-0.2, 0) is 12.6 Å². The molecule has 0 N–H and O–H groups in total. The number of alkyl halides is 3. The number of pyridine rings is 1. The zero-order valence-corrected chi connectivity index (χ0v) is 13.6. The molecule has 3 rings (SSSR count). The molecule has 0 radical (unpaired) electrons. The van der Waals surface area contributed by atoms with E-state index in [9.17, 15) is 13.2 Å². The standard InChI is InChI=1S/C18H17F3N2O/c1-4-12-6-5-7-14(11(12)2)16-17(18(19,20)21)22-15-10-13(24-3)8-9-23(15)16/h5-10H,4H2,1-3H3. The second kappa shape index (κ2) is 5.85. The Hall–Kier alpha value is -2.50. The van der Waals surface area contributed by atoms with E-state index in [-0.39, 0.29) is 11.3 Å². The number of nitrogens with zero attached hydrogens (tertiary/aromatic N) is 2. The third-order valence-electron chi connectivity index (χ3n) is 4.18. The zero-order chi connectivity index (χ0) is 17.5. The quantitative estimate of drug-likeness (QED) is 0.681. The highest BCUT2D eigenvalue weighted by Gasteiger charge is 2.38. The lowest BCUT2D eigenvalue weighted by Gasteiger charge is -2.13. The van der Waals surface area contributed by atoms with Gasteiger partial charge in [-0.25, -0.2) is 4.98 Å². The molecule has 0 aliphatic rings. The van der Waals surface area contributed by atoms with Crippen LogP contribution in [0, 0.1) is 6.92 Å². The van der Waals surface area contributed by atoms with Crippen LogP contribution in [0.4, 0.5) is 13.2 Å². The average Bonchev–Trinajstić information content (AvgIpc) is 2.93. The molecule has 0 fully saturated rings. The van der Waals surface area contributed by atoms with Gasteiger partial charge in [0.15, 0.2) is 5.69 Å². The largest absolute Gasteiger partial charge is 0.497 e. The molecule has 0 saturated heterocycles. The van der Waals surface area contributed by atoms with Gasteiger partial charge >= 0.3 is 6.18 Å². The fourth-order valence-electron chi connectivity index (χ4n) is 2.93. The van der Waals surface area contributed by atoms with E-state index in [4.69, 9.17) is 4.74 Å². The van der Waals surface area contributed by atoms with E-state index in [0.29, 0.717) is 11.3 Å². The first-order valence-electron chi connectivity index (χ1n) is 7.59. The van der Waals surface area contributed by atoms with Gasteiger partial charge in [-0.15, -0.1) is 0 Å². The van der Waals surface area contributed by atoms with Gasteiger partial charge in [0.25, 0.3) is 0 Å². The van der Waals surface area contributed by atoms with Gasteiger partial charge in [0.05, 0.1) is 12.8 Å². The molecule has 0 spiro atoms. The number of imidazole rings is 1. The number of hydrogen-bond donors (Lipinski definition) is 0. The van der Waals surface area contributed by atoms with Crippen LogP contribution < -0.4 is 4.74 Å². The highest BCUT2D eigenvalue weighted by molar-refractivity contribution is 5.72. The lowest BCUT2D eigenvalue weighted by Crippen LogP contribution is -2.08. The minimum Gasteiger partial charge on any atom is -0.497 e. The van der Waals surface area contributed by atoms with Crippen molar-refractivity contribution in [1.29, 1.82) is 0 Å². The fourth-order valence-corrected chi connectivity index (χ4v) is 2.93. The van der Waals surface area contributed by atoms with Crippen molar-refractivity contribution < 1.29 is 17.9 Å². The molecule has 0 atom stereocenters. The Morgan fingerprint density at radius 1 is 1.21 bits per heavy atom. The number of rotatable bonds is 3. The maximum absolute atomic E-state index is 13.6. The van der Waals surface area contributed by atoms with Crippen LogP contribution in [0.5, 0.6) is 5.75 Å². The van der Waals surface area contributed by atoms with Crippen LogP contribution in [-0.4, -0.2) is 16.5 Å². The average molecular weight is 334 g/mol. The van der Waals surface area contributed by atoms with Crippen molar-refractivity contribution in [2.75, 3.05) is 7.11 Å². The first kappa shape index (κ1) is 16.4. The molecule has 3 nitrogen and oxygen atoms in total. The normalized spacial score (nSPS) is 11.9. The summed E-state index contributed by atoms with van der Waals surface area (Å²) in [4.78, 5) is 3.82. The van der Waals surface area contributed by atoms with E-state index < -0.39 is 11.9 Å². The van der Waals surface area contributed by atoms with E-state index in [1.807, 2.05) is 19.9 Å². The van der Waals surface area contributed by atoms with Gasteiger partial charge in [-0.1, -0.05) is 25.1 Å². The summed E-state index contributed by atoms with van der Waals surface area (Å²) in [7, 11) is 1.47. The predicted molar refractivity (Wildman–Crippen MR) is 86.3 cm³/mol. The molecule has 0 unspecified atom stereocenters. The minimum absolute atomic E-state index is 0.0629. The summed E-state index contributed by atoms with van der Waals surface area (Å²) < 4.78 is 47.2. The maximum atomic E-state index is 13.6. The van der Waals surface area contributed by atoms with Crippen molar-refractivity contribution in [2.24, 2.45) is 0 Å². The van der Waals surface area contributed by atoms with Crippen molar-refractivity contribution in [3.8, 4) is 17.0 Å². The van der Waals surface area contributed by atoms with Gasteiger partial charge in [0.1, 0.15) is 11.4 Å². The molecule has 6 heteroatoms. The van der Waals surface area contributed by atoms with Gasteiger partial charge in [-0.05, 0) is 30.5 Å². The lowest BCUT2D eigenvalue weighted by atomic mass is 9.97. The van der Waals surface area contributed by atoms with Crippen LogP contribution in [0.1, 0.15) is 23.7 Å². The van der Waals surface area contributed by atoms with Gasteiger partial charge in [-0.2, -0.15) is 13.2 Å². The Bertz CT molecular complexity index is 897. The summed E-state index contributed by atoms with van der Waals surface area (Å²) in [5.41, 5.74) is 1.78. The number of methoxy groups -OCH3 is 1. The summed E-state index contributed by atoms with van der Waals surface area (Å²) in [6.45, 7) is 3.83. The smallest absolute Gasteiger partial charge is 0.435 e. The van der Waals surface area contributed by atoms with E-state index >= 15 is 0 Å². The van der Waals surface area contributed by atoms with Crippen molar-refractivity contribution in [3.63, 3.8) is 0 Å². The number of hydrogen-bond acceptors (Lipinski definition) is 2. The summed E-state index contributed by atoms with van der Waals surface area (Å²) in [6.07, 6.45) is -2.22. The molecule has 3 aromatic rings. The first-order chi connectivity index (χ1) is 11.4. The molecule has 0 amide bonds. The molecule has 0 aliphatic carbocycles. The highest BCUT2D eigenvalue weighted by atomic mass is 19.4. The molecule has 1 aromatic carbocycles. The molecule has 2 heterocycles.